The highest BCUT2D eigenvalue weighted by atomic mass is 35.5. The van der Waals surface area contributed by atoms with Crippen molar-refractivity contribution in [2.45, 2.75) is 6.54 Å². The average molecular weight is 300 g/mol. The van der Waals surface area contributed by atoms with E-state index < -0.39 is 0 Å². The number of hydrogen-bond acceptors (Lipinski definition) is 4. The van der Waals surface area contributed by atoms with E-state index in [4.69, 9.17) is 11.6 Å². The van der Waals surface area contributed by atoms with Gasteiger partial charge in [-0.3, -0.25) is 0 Å². The summed E-state index contributed by atoms with van der Waals surface area (Å²) in [4.78, 5) is 0. The van der Waals surface area contributed by atoms with E-state index >= 15 is 0 Å². The van der Waals surface area contributed by atoms with E-state index in [1.807, 2.05) is 55.6 Å². The van der Waals surface area contributed by atoms with Gasteiger partial charge in [0.25, 0.3) is 0 Å². The molecule has 0 saturated carbocycles. The molecule has 106 valence electrons. The van der Waals surface area contributed by atoms with Crippen molar-refractivity contribution in [3.05, 3.63) is 59.1 Å². The Bertz CT molecular complexity index is 753. The van der Waals surface area contributed by atoms with Crippen molar-refractivity contribution in [2.24, 2.45) is 7.05 Å². The molecule has 1 aromatic heterocycles. The van der Waals surface area contributed by atoms with Crippen molar-refractivity contribution in [3.8, 4) is 11.4 Å². The summed E-state index contributed by atoms with van der Waals surface area (Å²) in [6.07, 6.45) is 0. The Kier molecular flexibility index (Phi) is 3.83. The maximum absolute atomic E-state index is 5.98. The van der Waals surface area contributed by atoms with Gasteiger partial charge in [-0.1, -0.05) is 35.9 Å². The molecule has 21 heavy (non-hydrogen) atoms. The average Bonchev–Trinajstić information content (AvgIpc) is 2.92. The molecule has 5 nitrogen and oxygen atoms in total. The predicted octanol–water partition coefficient (Wildman–Crippen LogP) is 3.14. The minimum atomic E-state index is 0.709. The third-order valence-electron chi connectivity index (χ3n) is 3.13. The van der Waals surface area contributed by atoms with Gasteiger partial charge in [-0.25, -0.2) is 4.68 Å². The van der Waals surface area contributed by atoms with Crippen molar-refractivity contribution in [1.82, 2.24) is 20.2 Å². The van der Waals surface area contributed by atoms with Gasteiger partial charge < -0.3 is 5.32 Å². The summed E-state index contributed by atoms with van der Waals surface area (Å²) in [5.74, 6) is 0.737. The number of hydrogen-bond donors (Lipinski definition) is 1. The van der Waals surface area contributed by atoms with Crippen LogP contribution in [-0.4, -0.2) is 20.2 Å². The first-order valence-corrected chi connectivity index (χ1v) is 6.91. The van der Waals surface area contributed by atoms with Gasteiger partial charge in [0.1, 0.15) is 0 Å². The van der Waals surface area contributed by atoms with Crippen LogP contribution in [0.4, 0.5) is 5.69 Å². The Morgan fingerprint density at radius 2 is 2.00 bits per heavy atom. The molecule has 6 heteroatoms. The first-order chi connectivity index (χ1) is 10.2. The number of rotatable bonds is 4. The van der Waals surface area contributed by atoms with E-state index in [-0.39, 0.29) is 0 Å². The predicted molar refractivity (Wildman–Crippen MR) is 83.0 cm³/mol. The minimum Gasteiger partial charge on any atom is -0.381 e. The lowest BCUT2D eigenvalue weighted by atomic mass is 10.1. The molecule has 0 radical (unpaired) electrons. The summed E-state index contributed by atoms with van der Waals surface area (Å²) in [5.41, 5.74) is 3.11. The van der Waals surface area contributed by atoms with E-state index in [0.717, 1.165) is 27.7 Å². The number of aromatic nitrogens is 4. The van der Waals surface area contributed by atoms with Gasteiger partial charge in [0.15, 0.2) is 5.82 Å². The fourth-order valence-corrected chi connectivity index (χ4v) is 2.31. The number of benzene rings is 2. The largest absolute Gasteiger partial charge is 0.381 e. The van der Waals surface area contributed by atoms with Gasteiger partial charge in [-0.05, 0) is 40.3 Å². The van der Waals surface area contributed by atoms with E-state index in [2.05, 4.69) is 20.8 Å². The molecule has 2 aromatic carbocycles. The quantitative estimate of drug-likeness (QED) is 0.804. The van der Waals surface area contributed by atoms with E-state index in [1.54, 1.807) is 4.68 Å². The molecule has 3 rings (SSSR count). The smallest absolute Gasteiger partial charge is 0.181 e. The first kappa shape index (κ1) is 13.6. The van der Waals surface area contributed by atoms with Crippen LogP contribution in [-0.2, 0) is 13.6 Å². The normalized spacial score (nSPS) is 10.6. The molecule has 0 aliphatic rings. The Morgan fingerprint density at radius 1 is 1.14 bits per heavy atom. The van der Waals surface area contributed by atoms with Gasteiger partial charge in [-0.2, -0.15) is 0 Å². The van der Waals surface area contributed by atoms with Crippen LogP contribution in [0.2, 0.25) is 5.02 Å². The molecule has 0 spiro atoms. The number of nitrogens with one attached hydrogen (secondary N) is 1. The lowest BCUT2D eigenvalue weighted by Gasteiger charge is -2.08. The highest BCUT2D eigenvalue weighted by Gasteiger charge is 2.06. The molecule has 0 bridgehead atoms. The third kappa shape index (κ3) is 3.20. The van der Waals surface area contributed by atoms with Crippen LogP contribution in [0.1, 0.15) is 5.56 Å². The standard InChI is InChI=1S/C15H14ClN5/c1-21-15(18-19-20-21)12-5-3-7-14(9-12)17-10-11-4-2-6-13(16)8-11/h2-9,17H,10H2,1H3. The molecule has 1 heterocycles. The molecule has 0 aliphatic heterocycles. The van der Waals surface area contributed by atoms with Crippen LogP contribution in [0.15, 0.2) is 48.5 Å². The number of anilines is 1. The number of aryl methyl sites for hydroxylation is 1. The second-order valence-corrected chi connectivity index (χ2v) is 5.13. The monoisotopic (exact) mass is 299 g/mol. The third-order valence-corrected chi connectivity index (χ3v) is 3.36. The topological polar surface area (TPSA) is 55.6 Å². The second kappa shape index (κ2) is 5.93. The summed E-state index contributed by atoms with van der Waals surface area (Å²) >= 11 is 5.98. The number of halogens is 1. The summed E-state index contributed by atoms with van der Waals surface area (Å²) in [7, 11) is 1.82. The molecule has 3 aromatic rings. The number of nitrogens with zero attached hydrogens (tertiary/aromatic N) is 4. The molecular weight excluding hydrogens is 286 g/mol. The zero-order valence-electron chi connectivity index (χ0n) is 11.5. The van der Waals surface area contributed by atoms with Crippen LogP contribution < -0.4 is 5.32 Å². The van der Waals surface area contributed by atoms with Gasteiger partial charge >= 0.3 is 0 Å². The van der Waals surface area contributed by atoms with E-state index in [1.165, 1.54) is 0 Å². The van der Waals surface area contributed by atoms with Gasteiger partial charge in [-0.15, -0.1) is 5.10 Å². The van der Waals surface area contributed by atoms with Gasteiger partial charge in [0.05, 0.1) is 0 Å². The van der Waals surface area contributed by atoms with E-state index in [0.29, 0.717) is 6.54 Å². The molecule has 0 saturated heterocycles. The summed E-state index contributed by atoms with van der Waals surface area (Å²) in [6.45, 7) is 0.709. The van der Waals surface area contributed by atoms with Crippen molar-refractivity contribution >= 4 is 17.3 Å². The maximum atomic E-state index is 5.98. The summed E-state index contributed by atoms with van der Waals surface area (Å²) < 4.78 is 1.65. The Balaban J connectivity index is 1.76. The van der Waals surface area contributed by atoms with Crippen molar-refractivity contribution < 1.29 is 0 Å². The lowest BCUT2D eigenvalue weighted by Crippen LogP contribution is -2.00. The fraction of sp³-hybridized carbons (Fsp3) is 0.133. The SMILES string of the molecule is Cn1nnnc1-c1cccc(NCc2cccc(Cl)c2)c1. The maximum Gasteiger partial charge on any atom is 0.181 e. The van der Waals surface area contributed by atoms with Crippen molar-refractivity contribution in [2.75, 3.05) is 5.32 Å². The molecular formula is C15H14ClN5. The van der Waals surface area contributed by atoms with Gasteiger partial charge in [0.2, 0.25) is 0 Å². The Labute approximate surface area is 127 Å². The van der Waals surface area contributed by atoms with Crippen molar-refractivity contribution in [1.29, 1.82) is 0 Å². The summed E-state index contributed by atoms with van der Waals surface area (Å²) in [6, 6.07) is 15.8. The van der Waals surface area contributed by atoms with Crippen molar-refractivity contribution in [3.63, 3.8) is 0 Å². The Hall–Kier alpha value is -2.40. The minimum absolute atomic E-state index is 0.709. The van der Waals surface area contributed by atoms with Crippen LogP contribution >= 0.6 is 11.6 Å². The van der Waals surface area contributed by atoms with E-state index in [9.17, 15) is 0 Å². The second-order valence-electron chi connectivity index (χ2n) is 4.69. The molecule has 0 amide bonds. The van der Waals surface area contributed by atoms with Crippen LogP contribution in [0, 0.1) is 0 Å². The lowest BCUT2D eigenvalue weighted by molar-refractivity contribution is 0.714. The van der Waals surface area contributed by atoms with Crippen LogP contribution in [0.25, 0.3) is 11.4 Å². The first-order valence-electron chi connectivity index (χ1n) is 6.53. The highest BCUT2D eigenvalue weighted by molar-refractivity contribution is 6.30. The zero-order chi connectivity index (χ0) is 14.7. The zero-order valence-corrected chi connectivity index (χ0v) is 12.2. The molecule has 0 atom stereocenters. The molecule has 0 unspecified atom stereocenters. The molecule has 0 fully saturated rings. The molecule has 0 aliphatic carbocycles. The Morgan fingerprint density at radius 3 is 2.76 bits per heavy atom. The molecule has 1 N–H and O–H groups in total. The van der Waals surface area contributed by atoms with Crippen LogP contribution in [0.5, 0.6) is 0 Å². The van der Waals surface area contributed by atoms with Crippen LogP contribution in [0.3, 0.4) is 0 Å². The summed E-state index contributed by atoms with van der Waals surface area (Å²) in [5, 5.41) is 15.6. The van der Waals surface area contributed by atoms with Gasteiger partial charge in [0, 0.05) is 29.9 Å². The number of tetrazole rings is 1. The highest BCUT2D eigenvalue weighted by Crippen LogP contribution is 2.20. The fourth-order valence-electron chi connectivity index (χ4n) is 2.09.